The standard InChI is InChI=1S/C21H18ClF6NO4S/c22-17-9-4-12(10-18(17)33-21(26,27)28)19(30)29-14-5-7-15(8-6-14)34(31,32)16-3-1-2-13(11-16)20(23,24)25/h1-4,9-11,14-15H,5-8H2,(H,29,30)/t14-,15-. The molecule has 0 heterocycles. The van der Waals surface area contributed by atoms with Crippen molar-refractivity contribution >= 4 is 27.3 Å². The molecule has 1 aliphatic carbocycles. The Kier molecular flexibility index (Phi) is 7.42. The van der Waals surface area contributed by atoms with Crippen molar-refractivity contribution in [3.8, 4) is 5.75 Å². The van der Waals surface area contributed by atoms with Crippen LogP contribution < -0.4 is 10.1 Å². The van der Waals surface area contributed by atoms with E-state index in [0.717, 1.165) is 30.3 Å². The lowest BCUT2D eigenvalue weighted by molar-refractivity contribution is -0.274. The summed E-state index contributed by atoms with van der Waals surface area (Å²) in [4.78, 5) is 12.0. The van der Waals surface area contributed by atoms with E-state index in [-0.39, 0.29) is 36.3 Å². The Labute approximate surface area is 196 Å². The van der Waals surface area contributed by atoms with E-state index < -0.39 is 55.8 Å². The van der Waals surface area contributed by atoms with E-state index in [0.29, 0.717) is 6.07 Å². The van der Waals surface area contributed by atoms with E-state index in [1.807, 2.05) is 0 Å². The minimum atomic E-state index is -5.00. The molecular formula is C21H18ClF6NO4S. The van der Waals surface area contributed by atoms with Crippen LogP contribution in [-0.4, -0.2) is 32.0 Å². The monoisotopic (exact) mass is 529 g/mol. The van der Waals surface area contributed by atoms with Crippen LogP contribution in [0.3, 0.4) is 0 Å². The lowest BCUT2D eigenvalue weighted by Crippen LogP contribution is -2.40. The second-order valence-corrected chi connectivity index (χ2v) is 10.3. The molecule has 1 saturated carbocycles. The van der Waals surface area contributed by atoms with Crippen LogP contribution >= 0.6 is 11.6 Å². The second-order valence-electron chi connectivity index (χ2n) is 7.71. The molecule has 2 aromatic carbocycles. The Morgan fingerprint density at radius 3 is 2.21 bits per heavy atom. The maximum absolute atomic E-state index is 12.9. The van der Waals surface area contributed by atoms with E-state index in [1.54, 1.807) is 0 Å². The molecular weight excluding hydrogens is 512 g/mol. The first-order valence-electron chi connectivity index (χ1n) is 9.94. The van der Waals surface area contributed by atoms with E-state index in [9.17, 15) is 39.6 Å². The fourth-order valence-corrected chi connectivity index (χ4v) is 5.67. The van der Waals surface area contributed by atoms with Gasteiger partial charge in [0.2, 0.25) is 0 Å². The van der Waals surface area contributed by atoms with Gasteiger partial charge >= 0.3 is 12.5 Å². The van der Waals surface area contributed by atoms with Crippen LogP contribution in [0, 0.1) is 0 Å². The van der Waals surface area contributed by atoms with Crippen molar-refractivity contribution in [3.63, 3.8) is 0 Å². The van der Waals surface area contributed by atoms with Gasteiger partial charge in [0.25, 0.3) is 5.91 Å². The van der Waals surface area contributed by atoms with Crippen molar-refractivity contribution in [2.75, 3.05) is 0 Å². The summed E-state index contributed by atoms with van der Waals surface area (Å²) in [6, 6.07) is 6.19. The number of hydrogen-bond donors (Lipinski definition) is 1. The first-order chi connectivity index (χ1) is 15.7. The second kappa shape index (κ2) is 9.65. The normalized spacial score (nSPS) is 19.5. The van der Waals surface area contributed by atoms with Crippen molar-refractivity contribution < 1.29 is 44.3 Å². The number of carbonyl (C=O) groups excluding carboxylic acids is 1. The summed E-state index contributed by atoms with van der Waals surface area (Å²) >= 11 is 5.67. The molecule has 0 bridgehead atoms. The zero-order chi connectivity index (χ0) is 25.3. The molecule has 1 amide bonds. The predicted molar refractivity (Wildman–Crippen MR) is 110 cm³/mol. The third kappa shape index (κ3) is 6.35. The van der Waals surface area contributed by atoms with Crippen LogP contribution in [0.1, 0.15) is 41.6 Å². The molecule has 0 aliphatic heterocycles. The third-order valence-electron chi connectivity index (χ3n) is 5.36. The van der Waals surface area contributed by atoms with E-state index >= 15 is 0 Å². The third-order valence-corrected chi connectivity index (χ3v) is 7.93. The van der Waals surface area contributed by atoms with Gasteiger partial charge in [0.1, 0.15) is 5.75 Å². The number of carbonyl (C=O) groups is 1. The van der Waals surface area contributed by atoms with Gasteiger partial charge in [-0.15, -0.1) is 13.2 Å². The van der Waals surface area contributed by atoms with Gasteiger partial charge < -0.3 is 10.1 Å². The highest BCUT2D eigenvalue weighted by Crippen LogP contribution is 2.34. The Balaban J connectivity index is 1.64. The smallest absolute Gasteiger partial charge is 0.404 e. The molecule has 186 valence electrons. The topological polar surface area (TPSA) is 72.5 Å². The number of benzene rings is 2. The van der Waals surface area contributed by atoms with E-state index in [1.165, 1.54) is 6.07 Å². The average molecular weight is 530 g/mol. The summed E-state index contributed by atoms with van der Waals surface area (Å²) in [7, 11) is -4.03. The number of rotatable bonds is 5. The minimum Gasteiger partial charge on any atom is -0.404 e. The molecule has 34 heavy (non-hydrogen) atoms. The fraction of sp³-hybridized carbons (Fsp3) is 0.381. The largest absolute Gasteiger partial charge is 0.573 e. The first kappa shape index (κ1) is 26.1. The molecule has 3 rings (SSSR count). The number of nitrogens with one attached hydrogen (secondary N) is 1. The number of halogens is 7. The highest BCUT2D eigenvalue weighted by molar-refractivity contribution is 7.92. The Bertz CT molecular complexity index is 1160. The molecule has 0 radical (unpaired) electrons. The Morgan fingerprint density at radius 2 is 1.62 bits per heavy atom. The summed E-state index contributed by atoms with van der Waals surface area (Å²) in [5.74, 6) is -1.44. The van der Waals surface area contributed by atoms with E-state index in [2.05, 4.69) is 10.1 Å². The molecule has 1 fully saturated rings. The summed E-state index contributed by atoms with van der Waals surface area (Å²) < 4.78 is 106. The van der Waals surface area contributed by atoms with Gasteiger partial charge in [-0.3, -0.25) is 4.79 Å². The Morgan fingerprint density at radius 1 is 0.971 bits per heavy atom. The van der Waals surface area contributed by atoms with Crippen molar-refractivity contribution in [1.29, 1.82) is 0 Å². The lowest BCUT2D eigenvalue weighted by Gasteiger charge is -2.29. The SMILES string of the molecule is O=C(N[C@H]1CC[C@H](S(=O)(=O)c2cccc(C(F)(F)F)c2)CC1)c1ccc(Cl)c(OC(F)(F)F)c1. The van der Waals surface area contributed by atoms with Crippen LogP contribution in [0.4, 0.5) is 26.3 Å². The molecule has 0 saturated heterocycles. The van der Waals surface area contributed by atoms with Gasteiger partial charge in [-0.05, 0) is 62.1 Å². The van der Waals surface area contributed by atoms with Crippen molar-refractivity contribution in [3.05, 3.63) is 58.6 Å². The molecule has 5 nitrogen and oxygen atoms in total. The lowest BCUT2D eigenvalue weighted by atomic mass is 9.94. The van der Waals surface area contributed by atoms with Gasteiger partial charge in [-0.1, -0.05) is 17.7 Å². The van der Waals surface area contributed by atoms with Crippen LogP contribution in [0.5, 0.6) is 5.75 Å². The number of alkyl halides is 6. The molecule has 0 spiro atoms. The number of hydrogen-bond acceptors (Lipinski definition) is 4. The highest BCUT2D eigenvalue weighted by Gasteiger charge is 2.36. The molecule has 1 aliphatic rings. The Hall–Kier alpha value is -2.47. The summed E-state index contributed by atoms with van der Waals surface area (Å²) in [6.07, 6.45) is -9.07. The number of amides is 1. The molecule has 1 N–H and O–H groups in total. The molecule has 0 atom stereocenters. The van der Waals surface area contributed by atoms with Gasteiger partial charge in [-0.2, -0.15) is 13.2 Å². The zero-order valence-corrected chi connectivity index (χ0v) is 18.8. The van der Waals surface area contributed by atoms with Crippen LogP contribution in [-0.2, 0) is 16.0 Å². The van der Waals surface area contributed by atoms with Gasteiger partial charge in [0, 0.05) is 11.6 Å². The molecule has 13 heteroatoms. The van der Waals surface area contributed by atoms with Crippen LogP contribution in [0.2, 0.25) is 5.02 Å². The van der Waals surface area contributed by atoms with Gasteiger partial charge in [0.05, 0.1) is 20.7 Å². The predicted octanol–water partition coefficient (Wildman–Crippen LogP) is 5.77. The summed E-state index contributed by atoms with van der Waals surface area (Å²) in [6.45, 7) is 0. The molecule has 0 unspecified atom stereocenters. The quantitative estimate of drug-likeness (QED) is 0.499. The average Bonchev–Trinajstić information content (AvgIpc) is 2.74. The van der Waals surface area contributed by atoms with Gasteiger partial charge in [0.15, 0.2) is 9.84 Å². The van der Waals surface area contributed by atoms with Crippen LogP contribution in [0.25, 0.3) is 0 Å². The minimum absolute atomic E-state index is 0.0899. The molecule has 0 aromatic heterocycles. The number of sulfone groups is 1. The number of ether oxygens (including phenoxy) is 1. The van der Waals surface area contributed by atoms with Crippen LogP contribution in [0.15, 0.2) is 47.4 Å². The molecule has 2 aromatic rings. The van der Waals surface area contributed by atoms with Gasteiger partial charge in [-0.25, -0.2) is 8.42 Å². The van der Waals surface area contributed by atoms with E-state index in [4.69, 9.17) is 11.6 Å². The highest BCUT2D eigenvalue weighted by atomic mass is 35.5. The summed E-state index contributed by atoms with van der Waals surface area (Å²) in [5.41, 5.74) is -1.20. The maximum atomic E-state index is 12.9. The maximum Gasteiger partial charge on any atom is 0.573 e. The van der Waals surface area contributed by atoms with Crippen molar-refractivity contribution in [2.24, 2.45) is 0 Å². The zero-order valence-electron chi connectivity index (χ0n) is 17.2. The van der Waals surface area contributed by atoms with Crippen molar-refractivity contribution in [1.82, 2.24) is 5.32 Å². The summed E-state index contributed by atoms with van der Waals surface area (Å²) in [5, 5.41) is 1.36. The van der Waals surface area contributed by atoms with Crippen molar-refractivity contribution in [2.45, 2.75) is 54.4 Å². The fourth-order valence-electron chi connectivity index (χ4n) is 3.68. The first-order valence-corrected chi connectivity index (χ1v) is 11.9.